The van der Waals surface area contributed by atoms with Gasteiger partial charge in [0.1, 0.15) is 5.75 Å². The minimum Gasteiger partial charge on any atom is -0.497 e. The molecule has 0 aliphatic heterocycles. The van der Waals surface area contributed by atoms with Crippen molar-refractivity contribution in [3.05, 3.63) is 42.0 Å². The minimum absolute atomic E-state index is 0.176. The number of allylic oxidation sites excluding steroid dienone is 2. The number of benzene rings is 1. The topological polar surface area (TPSA) is 50.7 Å². The molecule has 1 N–H and O–H groups in total. The first-order valence-corrected chi connectivity index (χ1v) is 6.45. The zero-order valence-corrected chi connectivity index (χ0v) is 10.8. The lowest BCUT2D eigenvalue weighted by Gasteiger charge is -2.31. The van der Waals surface area contributed by atoms with Crippen LogP contribution in [0.2, 0.25) is 0 Å². The van der Waals surface area contributed by atoms with Gasteiger partial charge in [0.2, 0.25) is 0 Å². The third-order valence-electron chi connectivity index (χ3n) is 3.82. The highest BCUT2D eigenvalue weighted by atomic mass is 16.5. The Labute approximate surface area is 112 Å². The summed E-state index contributed by atoms with van der Waals surface area (Å²) in [5.41, 5.74) is 4.33. The van der Waals surface area contributed by atoms with Crippen LogP contribution in [-0.4, -0.2) is 18.7 Å². The van der Waals surface area contributed by atoms with Crippen LogP contribution in [0.3, 0.4) is 0 Å². The Morgan fingerprint density at radius 3 is 2.84 bits per heavy atom. The highest BCUT2D eigenvalue weighted by Crippen LogP contribution is 2.40. The molecule has 2 aliphatic rings. The number of rotatable bonds is 3. The fourth-order valence-electron chi connectivity index (χ4n) is 2.59. The zero-order valence-electron chi connectivity index (χ0n) is 10.8. The van der Waals surface area contributed by atoms with E-state index in [1.165, 1.54) is 0 Å². The van der Waals surface area contributed by atoms with Crippen molar-refractivity contribution in [3.8, 4) is 5.75 Å². The van der Waals surface area contributed by atoms with Crippen molar-refractivity contribution in [1.82, 2.24) is 5.43 Å². The minimum atomic E-state index is -0.176. The first-order valence-electron chi connectivity index (χ1n) is 6.45. The van der Waals surface area contributed by atoms with Gasteiger partial charge in [-0.15, -0.1) is 0 Å². The number of carbonyl (C=O) groups excluding carboxylic acids is 1. The molecule has 2 aliphatic carbocycles. The lowest BCUT2D eigenvalue weighted by Crippen LogP contribution is -2.35. The van der Waals surface area contributed by atoms with Crippen LogP contribution < -0.4 is 10.2 Å². The second-order valence-electron chi connectivity index (χ2n) is 4.91. The molecule has 0 saturated heterocycles. The van der Waals surface area contributed by atoms with Gasteiger partial charge in [-0.3, -0.25) is 4.79 Å². The largest absolute Gasteiger partial charge is 0.497 e. The summed E-state index contributed by atoms with van der Waals surface area (Å²) < 4.78 is 5.05. The van der Waals surface area contributed by atoms with E-state index < -0.39 is 0 Å². The van der Waals surface area contributed by atoms with E-state index in [4.69, 9.17) is 4.74 Å². The molecule has 3 rings (SSSR count). The number of amides is 1. The normalized spacial score (nSPS) is 25.8. The molecule has 0 radical (unpaired) electrons. The van der Waals surface area contributed by atoms with Gasteiger partial charge in [0.25, 0.3) is 5.91 Å². The monoisotopic (exact) mass is 256 g/mol. The van der Waals surface area contributed by atoms with E-state index in [0.29, 0.717) is 17.4 Å². The Morgan fingerprint density at radius 2 is 2.16 bits per heavy atom. The fraction of sp³-hybridized carbons (Fsp3) is 0.333. The first kappa shape index (κ1) is 12.0. The van der Waals surface area contributed by atoms with Crippen molar-refractivity contribution < 1.29 is 9.53 Å². The number of nitrogens with zero attached hydrogens (tertiary/aromatic N) is 1. The molecule has 98 valence electrons. The van der Waals surface area contributed by atoms with Crippen LogP contribution in [0.25, 0.3) is 0 Å². The SMILES string of the molecule is COc1ccc(C(=O)N/N=C2\C[C@@H]3C=CC[C@H]23)cc1. The van der Waals surface area contributed by atoms with Gasteiger partial charge in [-0.1, -0.05) is 12.2 Å². The molecular formula is C15H16N2O2. The molecule has 0 bridgehead atoms. The first-order chi connectivity index (χ1) is 9.28. The molecule has 0 heterocycles. The maximum atomic E-state index is 11.9. The third-order valence-corrected chi connectivity index (χ3v) is 3.82. The van der Waals surface area contributed by atoms with Crippen molar-refractivity contribution in [1.29, 1.82) is 0 Å². The number of methoxy groups -OCH3 is 1. The summed E-state index contributed by atoms with van der Waals surface area (Å²) in [6.07, 6.45) is 6.48. The molecule has 0 aromatic heterocycles. The highest BCUT2D eigenvalue weighted by molar-refractivity contribution is 5.98. The van der Waals surface area contributed by atoms with Crippen molar-refractivity contribution in [2.75, 3.05) is 7.11 Å². The van der Waals surface area contributed by atoms with Crippen LogP contribution in [-0.2, 0) is 0 Å². The Hall–Kier alpha value is -2.10. The Morgan fingerprint density at radius 1 is 1.37 bits per heavy atom. The molecule has 1 fully saturated rings. The molecule has 4 nitrogen and oxygen atoms in total. The van der Waals surface area contributed by atoms with Crippen LogP contribution in [0, 0.1) is 11.8 Å². The van der Waals surface area contributed by atoms with Gasteiger partial charge in [-0.25, -0.2) is 5.43 Å². The predicted molar refractivity (Wildman–Crippen MR) is 73.2 cm³/mol. The molecule has 1 amide bonds. The van der Waals surface area contributed by atoms with E-state index in [0.717, 1.165) is 24.3 Å². The summed E-state index contributed by atoms with van der Waals surface area (Å²) in [6, 6.07) is 6.99. The van der Waals surface area contributed by atoms with Crippen LogP contribution in [0.4, 0.5) is 0 Å². The zero-order chi connectivity index (χ0) is 13.2. The number of fused-ring (bicyclic) bond motifs is 1. The van der Waals surface area contributed by atoms with Crippen LogP contribution in [0.5, 0.6) is 5.75 Å². The molecule has 1 saturated carbocycles. The lowest BCUT2D eigenvalue weighted by atomic mass is 9.74. The number of hydrogen-bond donors (Lipinski definition) is 1. The highest BCUT2D eigenvalue weighted by Gasteiger charge is 2.37. The molecule has 19 heavy (non-hydrogen) atoms. The van der Waals surface area contributed by atoms with Gasteiger partial charge in [0.05, 0.1) is 7.11 Å². The van der Waals surface area contributed by atoms with Gasteiger partial charge < -0.3 is 4.74 Å². The van der Waals surface area contributed by atoms with E-state index in [9.17, 15) is 4.79 Å². The fourth-order valence-corrected chi connectivity index (χ4v) is 2.59. The number of carbonyl (C=O) groups is 1. The lowest BCUT2D eigenvalue weighted by molar-refractivity contribution is 0.0954. The van der Waals surface area contributed by atoms with Gasteiger partial charge in [-0.2, -0.15) is 5.10 Å². The van der Waals surface area contributed by atoms with Crippen LogP contribution in [0.15, 0.2) is 41.5 Å². The van der Waals surface area contributed by atoms with E-state index in [-0.39, 0.29) is 5.91 Å². The molecule has 2 atom stereocenters. The van der Waals surface area contributed by atoms with Gasteiger partial charge in [-0.05, 0) is 43.0 Å². The maximum absolute atomic E-state index is 11.9. The number of hydrogen-bond acceptors (Lipinski definition) is 3. The number of ether oxygens (including phenoxy) is 1. The average Bonchev–Trinajstić information content (AvgIpc) is 2.80. The summed E-state index contributed by atoms with van der Waals surface area (Å²) in [5, 5.41) is 4.24. The number of nitrogens with one attached hydrogen (secondary N) is 1. The van der Waals surface area contributed by atoms with E-state index in [2.05, 4.69) is 22.7 Å². The summed E-state index contributed by atoms with van der Waals surface area (Å²) in [6.45, 7) is 0. The van der Waals surface area contributed by atoms with E-state index in [1.54, 1.807) is 31.4 Å². The molecule has 0 unspecified atom stereocenters. The third kappa shape index (κ3) is 2.26. The Bertz CT molecular complexity index is 546. The smallest absolute Gasteiger partial charge is 0.271 e. The van der Waals surface area contributed by atoms with Gasteiger partial charge >= 0.3 is 0 Å². The Balaban J connectivity index is 1.60. The van der Waals surface area contributed by atoms with Crippen molar-refractivity contribution in [2.45, 2.75) is 12.8 Å². The van der Waals surface area contributed by atoms with Crippen molar-refractivity contribution in [2.24, 2.45) is 16.9 Å². The number of hydrazone groups is 1. The summed E-state index contributed by atoms with van der Waals surface area (Å²) >= 11 is 0. The van der Waals surface area contributed by atoms with Crippen molar-refractivity contribution >= 4 is 11.6 Å². The molecule has 4 heteroatoms. The summed E-state index contributed by atoms with van der Waals surface area (Å²) in [5.74, 6) is 1.74. The molecule has 1 aromatic rings. The quantitative estimate of drug-likeness (QED) is 0.666. The van der Waals surface area contributed by atoms with E-state index in [1.807, 2.05) is 0 Å². The average molecular weight is 256 g/mol. The van der Waals surface area contributed by atoms with Crippen molar-refractivity contribution in [3.63, 3.8) is 0 Å². The standard InChI is InChI=1S/C15H16N2O2/c1-19-12-7-5-10(6-8-12)15(18)17-16-14-9-11-3-2-4-13(11)14/h2-3,5-8,11,13H,4,9H2,1H3,(H,17,18)/b16-14+/t11-,13-/m0/s1. The maximum Gasteiger partial charge on any atom is 0.271 e. The second kappa shape index (κ2) is 4.88. The Kier molecular flexibility index (Phi) is 3.07. The van der Waals surface area contributed by atoms with Gasteiger partial charge in [0, 0.05) is 17.2 Å². The summed E-state index contributed by atoms with van der Waals surface area (Å²) in [4.78, 5) is 11.9. The van der Waals surface area contributed by atoms with E-state index >= 15 is 0 Å². The predicted octanol–water partition coefficient (Wildman–Crippen LogP) is 2.38. The second-order valence-corrected chi connectivity index (χ2v) is 4.91. The summed E-state index contributed by atoms with van der Waals surface area (Å²) in [7, 11) is 1.60. The van der Waals surface area contributed by atoms with Gasteiger partial charge in [0.15, 0.2) is 0 Å². The van der Waals surface area contributed by atoms with Crippen LogP contribution >= 0.6 is 0 Å². The molecular weight excluding hydrogens is 240 g/mol. The molecule has 1 aromatic carbocycles. The van der Waals surface area contributed by atoms with Crippen LogP contribution in [0.1, 0.15) is 23.2 Å². The molecule has 0 spiro atoms.